The molecule has 0 aromatic heterocycles. The fraction of sp³-hybridized carbons (Fsp3) is 0.533. The first-order valence-electron chi connectivity index (χ1n) is 6.86. The van der Waals surface area contributed by atoms with Crippen LogP contribution in [0.5, 0.6) is 5.75 Å². The molecule has 1 aromatic carbocycles. The highest BCUT2D eigenvalue weighted by Gasteiger charge is 2.26. The maximum atomic E-state index is 12.2. The molecule has 1 saturated carbocycles. The van der Waals surface area contributed by atoms with Gasteiger partial charge in [-0.15, -0.1) is 0 Å². The van der Waals surface area contributed by atoms with E-state index in [2.05, 4.69) is 0 Å². The highest BCUT2D eigenvalue weighted by molar-refractivity contribution is 5.94. The Bertz CT molecular complexity index is 466. The molecule has 0 bridgehead atoms. The maximum absolute atomic E-state index is 12.2. The number of anilines is 1. The summed E-state index contributed by atoms with van der Waals surface area (Å²) in [6, 6.07) is 5.33. The van der Waals surface area contributed by atoms with Gasteiger partial charge in [0.15, 0.2) is 0 Å². The number of rotatable bonds is 3. The number of benzene rings is 1. The minimum atomic E-state index is 0.244. The smallest absolute Gasteiger partial charge is 0.226 e. The highest BCUT2D eigenvalue weighted by Crippen LogP contribution is 2.35. The third kappa shape index (κ3) is 2.35. The molecule has 2 aliphatic rings. The van der Waals surface area contributed by atoms with Gasteiger partial charge in [-0.2, -0.15) is 0 Å². The number of aromatic hydroxyl groups is 1. The Balaban J connectivity index is 1.75. The molecule has 3 nitrogen and oxygen atoms in total. The van der Waals surface area contributed by atoms with E-state index >= 15 is 0 Å². The van der Waals surface area contributed by atoms with Crippen molar-refractivity contribution in [1.29, 1.82) is 0 Å². The van der Waals surface area contributed by atoms with Crippen molar-refractivity contribution in [2.45, 2.75) is 38.5 Å². The number of carbonyl (C=O) groups excluding carboxylic acids is 1. The Morgan fingerprint density at radius 1 is 1.39 bits per heavy atom. The van der Waals surface area contributed by atoms with Crippen LogP contribution in [0.2, 0.25) is 0 Å². The molecule has 0 unspecified atom stereocenters. The van der Waals surface area contributed by atoms with Gasteiger partial charge in [0.2, 0.25) is 5.91 Å². The zero-order valence-electron chi connectivity index (χ0n) is 10.6. The van der Waals surface area contributed by atoms with Crippen molar-refractivity contribution < 1.29 is 9.90 Å². The molecule has 3 rings (SSSR count). The number of carbonyl (C=O) groups is 1. The van der Waals surface area contributed by atoms with Crippen LogP contribution in [0.1, 0.15) is 37.7 Å². The molecular formula is C15H19NO2. The highest BCUT2D eigenvalue weighted by atomic mass is 16.3. The lowest BCUT2D eigenvalue weighted by Crippen LogP contribution is -2.35. The SMILES string of the molecule is O=C(CCC1CC1)N1CCCc2cc(O)ccc21. The number of hydrogen-bond donors (Lipinski definition) is 1. The molecule has 1 N–H and O–H groups in total. The Labute approximate surface area is 107 Å². The lowest BCUT2D eigenvalue weighted by atomic mass is 10.0. The van der Waals surface area contributed by atoms with E-state index in [0.29, 0.717) is 12.2 Å². The van der Waals surface area contributed by atoms with Crippen molar-refractivity contribution >= 4 is 11.6 Å². The van der Waals surface area contributed by atoms with E-state index in [-0.39, 0.29) is 5.91 Å². The molecule has 1 fully saturated rings. The summed E-state index contributed by atoms with van der Waals surface area (Å²) in [5.41, 5.74) is 2.10. The van der Waals surface area contributed by atoms with Crippen LogP contribution in [0.25, 0.3) is 0 Å². The molecule has 96 valence electrons. The fourth-order valence-electron chi connectivity index (χ4n) is 2.71. The van der Waals surface area contributed by atoms with Crippen LogP contribution in [0.3, 0.4) is 0 Å². The topological polar surface area (TPSA) is 40.5 Å². The van der Waals surface area contributed by atoms with E-state index in [4.69, 9.17) is 0 Å². The number of phenols is 1. The summed E-state index contributed by atoms with van der Waals surface area (Å²) in [6.45, 7) is 0.821. The lowest BCUT2D eigenvalue weighted by molar-refractivity contribution is -0.118. The van der Waals surface area contributed by atoms with E-state index in [0.717, 1.165) is 43.0 Å². The first-order valence-corrected chi connectivity index (χ1v) is 6.86. The van der Waals surface area contributed by atoms with Crippen LogP contribution in [0, 0.1) is 5.92 Å². The standard InChI is InChI=1S/C15H19NO2/c17-13-6-7-14-12(10-13)2-1-9-16(14)15(18)8-5-11-3-4-11/h6-7,10-11,17H,1-5,8-9H2. The van der Waals surface area contributed by atoms with Gasteiger partial charge in [0, 0.05) is 18.7 Å². The number of nitrogens with zero attached hydrogens (tertiary/aromatic N) is 1. The van der Waals surface area contributed by atoms with Gasteiger partial charge in [-0.05, 0) is 48.9 Å². The summed E-state index contributed by atoms with van der Waals surface area (Å²) in [4.78, 5) is 14.1. The molecule has 0 spiro atoms. The number of aryl methyl sites for hydroxylation is 1. The number of amides is 1. The Hall–Kier alpha value is -1.51. The van der Waals surface area contributed by atoms with Crippen molar-refractivity contribution in [2.24, 2.45) is 5.92 Å². The molecule has 1 aliphatic carbocycles. The van der Waals surface area contributed by atoms with Crippen LogP contribution in [-0.4, -0.2) is 17.6 Å². The molecule has 0 saturated heterocycles. The van der Waals surface area contributed by atoms with Gasteiger partial charge in [-0.25, -0.2) is 0 Å². The van der Waals surface area contributed by atoms with E-state index in [1.165, 1.54) is 12.8 Å². The average Bonchev–Trinajstić information content (AvgIpc) is 3.19. The van der Waals surface area contributed by atoms with E-state index < -0.39 is 0 Å². The minimum absolute atomic E-state index is 0.244. The second kappa shape index (κ2) is 4.63. The molecule has 1 amide bonds. The summed E-state index contributed by atoms with van der Waals surface area (Å²) in [6.07, 6.45) is 6.27. The summed E-state index contributed by atoms with van der Waals surface area (Å²) in [7, 11) is 0. The van der Waals surface area contributed by atoms with Crippen molar-refractivity contribution in [3.63, 3.8) is 0 Å². The van der Waals surface area contributed by atoms with Crippen LogP contribution in [0.15, 0.2) is 18.2 Å². The van der Waals surface area contributed by atoms with E-state index in [9.17, 15) is 9.90 Å². The Morgan fingerprint density at radius 2 is 2.22 bits per heavy atom. The molecule has 3 heteroatoms. The summed E-state index contributed by atoms with van der Waals surface area (Å²) in [5.74, 6) is 1.34. The van der Waals surface area contributed by atoms with Gasteiger partial charge in [-0.3, -0.25) is 4.79 Å². The van der Waals surface area contributed by atoms with Crippen molar-refractivity contribution in [3.05, 3.63) is 23.8 Å². The third-order valence-electron chi connectivity index (χ3n) is 3.95. The van der Waals surface area contributed by atoms with Crippen molar-refractivity contribution in [1.82, 2.24) is 0 Å². The second-order valence-corrected chi connectivity index (χ2v) is 5.44. The third-order valence-corrected chi connectivity index (χ3v) is 3.95. The van der Waals surface area contributed by atoms with Crippen LogP contribution >= 0.6 is 0 Å². The van der Waals surface area contributed by atoms with Gasteiger partial charge in [0.25, 0.3) is 0 Å². The molecule has 1 aromatic rings. The summed E-state index contributed by atoms with van der Waals surface area (Å²) >= 11 is 0. The molecule has 1 heterocycles. The number of hydrogen-bond acceptors (Lipinski definition) is 2. The van der Waals surface area contributed by atoms with Gasteiger partial charge >= 0.3 is 0 Å². The zero-order valence-corrected chi connectivity index (χ0v) is 10.6. The van der Waals surface area contributed by atoms with Gasteiger partial charge in [0.05, 0.1) is 0 Å². The van der Waals surface area contributed by atoms with Crippen molar-refractivity contribution in [2.75, 3.05) is 11.4 Å². The second-order valence-electron chi connectivity index (χ2n) is 5.44. The van der Waals surface area contributed by atoms with Gasteiger partial charge in [-0.1, -0.05) is 12.8 Å². The van der Waals surface area contributed by atoms with Crippen molar-refractivity contribution in [3.8, 4) is 5.75 Å². The van der Waals surface area contributed by atoms with Crippen LogP contribution in [-0.2, 0) is 11.2 Å². The molecule has 18 heavy (non-hydrogen) atoms. The lowest BCUT2D eigenvalue weighted by Gasteiger charge is -2.29. The zero-order chi connectivity index (χ0) is 12.5. The molecule has 1 aliphatic heterocycles. The van der Waals surface area contributed by atoms with Crippen LogP contribution in [0.4, 0.5) is 5.69 Å². The largest absolute Gasteiger partial charge is 0.508 e. The predicted molar refractivity (Wildman–Crippen MR) is 70.7 cm³/mol. The fourth-order valence-corrected chi connectivity index (χ4v) is 2.71. The number of fused-ring (bicyclic) bond motifs is 1. The normalized spacial score (nSPS) is 18.6. The quantitative estimate of drug-likeness (QED) is 0.889. The first-order chi connectivity index (χ1) is 8.74. The minimum Gasteiger partial charge on any atom is -0.508 e. The van der Waals surface area contributed by atoms with Gasteiger partial charge < -0.3 is 10.0 Å². The average molecular weight is 245 g/mol. The van der Waals surface area contributed by atoms with E-state index in [1.807, 2.05) is 11.0 Å². The number of phenolic OH excluding ortho intramolecular Hbond substituents is 1. The monoisotopic (exact) mass is 245 g/mol. The van der Waals surface area contributed by atoms with Gasteiger partial charge in [0.1, 0.15) is 5.75 Å². The predicted octanol–water partition coefficient (Wildman–Crippen LogP) is 2.86. The molecule has 0 atom stereocenters. The Kier molecular flexibility index (Phi) is 2.98. The van der Waals surface area contributed by atoms with Crippen LogP contribution < -0.4 is 4.90 Å². The summed E-state index contributed by atoms with van der Waals surface area (Å²) in [5, 5.41) is 9.49. The summed E-state index contributed by atoms with van der Waals surface area (Å²) < 4.78 is 0. The molecule has 0 radical (unpaired) electrons. The first kappa shape index (κ1) is 11.6. The Morgan fingerprint density at radius 3 is 3.00 bits per heavy atom. The van der Waals surface area contributed by atoms with E-state index in [1.54, 1.807) is 12.1 Å². The molecular weight excluding hydrogens is 226 g/mol. The maximum Gasteiger partial charge on any atom is 0.226 e.